The molecule has 0 unspecified atom stereocenters. The Balaban J connectivity index is 1.39. The number of para-hydroxylation sites is 1. The Labute approximate surface area is 248 Å². The Morgan fingerprint density at radius 2 is 1.70 bits per heavy atom. The van der Waals surface area contributed by atoms with E-state index in [1.54, 1.807) is 25.4 Å². The zero-order valence-corrected chi connectivity index (χ0v) is 23.9. The Hall–Kier alpha value is -5.03. The number of benzene rings is 3. The predicted octanol–water partition coefficient (Wildman–Crippen LogP) is 3.05. The minimum atomic E-state index is -1.02. The second kappa shape index (κ2) is 12.5. The van der Waals surface area contributed by atoms with Crippen LogP contribution in [-0.4, -0.2) is 73.9 Å². The molecule has 1 aliphatic rings. The number of aliphatic hydroxyl groups is 1. The van der Waals surface area contributed by atoms with Gasteiger partial charge < -0.3 is 24.8 Å². The molecule has 3 amide bonds. The summed E-state index contributed by atoms with van der Waals surface area (Å²) in [6.07, 6.45) is 0.917. The standard InChI is InChI=1S/C32H33N5O6/c1-34-20-26(25-10-6-7-11-28(25)34)31(40)36-19-24(38)17-29(36)30(39)33-27(16-21-12-14-23(15-13-21)37(42)43)32(41)35(2)18-22-8-4-3-5-9-22/h3-15,20,24,27,29,38H,16-19H2,1-2H3,(H,33,39)/t24-,27+,29+/m1/s1. The summed E-state index contributed by atoms with van der Waals surface area (Å²) in [6.45, 7) is 0.287. The molecule has 1 aliphatic heterocycles. The van der Waals surface area contributed by atoms with Crippen molar-refractivity contribution in [1.29, 1.82) is 0 Å². The van der Waals surface area contributed by atoms with E-state index in [1.165, 1.54) is 21.9 Å². The van der Waals surface area contributed by atoms with E-state index < -0.39 is 29.0 Å². The first-order valence-electron chi connectivity index (χ1n) is 14.0. The van der Waals surface area contributed by atoms with Crippen molar-refractivity contribution >= 4 is 34.3 Å². The highest BCUT2D eigenvalue weighted by atomic mass is 16.6. The number of nitro benzene ring substituents is 1. The van der Waals surface area contributed by atoms with Crippen LogP contribution in [0, 0.1) is 10.1 Å². The highest BCUT2D eigenvalue weighted by Gasteiger charge is 2.41. The maximum atomic E-state index is 13.8. The van der Waals surface area contributed by atoms with E-state index in [4.69, 9.17) is 0 Å². The van der Waals surface area contributed by atoms with Crippen LogP contribution in [-0.2, 0) is 29.6 Å². The Morgan fingerprint density at radius 3 is 2.40 bits per heavy atom. The number of carbonyl (C=O) groups excluding carboxylic acids is 3. The molecule has 1 aromatic heterocycles. The molecule has 1 fully saturated rings. The van der Waals surface area contributed by atoms with Crippen LogP contribution in [0.2, 0.25) is 0 Å². The summed E-state index contributed by atoms with van der Waals surface area (Å²) in [7, 11) is 3.47. The van der Waals surface area contributed by atoms with Crippen molar-refractivity contribution in [3.8, 4) is 0 Å². The normalized spacial score (nSPS) is 17.0. The fraction of sp³-hybridized carbons (Fsp3) is 0.281. The van der Waals surface area contributed by atoms with Crippen LogP contribution in [0.5, 0.6) is 0 Å². The number of rotatable bonds is 9. The van der Waals surface area contributed by atoms with E-state index in [-0.39, 0.29) is 36.9 Å². The van der Waals surface area contributed by atoms with Crippen LogP contribution >= 0.6 is 0 Å². The number of aromatic nitrogens is 1. The van der Waals surface area contributed by atoms with Gasteiger partial charge in [-0.25, -0.2) is 0 Å². The second-order valence-electron chi connectivity index (χ2n) is 10.9. The van der Waals surface area contributed by atoms with Crippen molar-refractivity contribution in [3.63, 3.8) is 0 Å². The lowest BCUT2D eigenvalue weighted by Gasteiger charge is -2.28. The van der Waals surface area contributed by atoms with Gasteiger partial charge >= 0.3 is 0 Å². The summed E-state index contributed by atoms with van der Waals surface area (Å²) in [6, 6.07) is 20.7. The molecule has 0 saturated carbocycles. The van der Waals surface area contributed by atoms with Crippen LogP contribution in [0.1, 0.15) is 27.9 Å². The van der Waals surface area contributed by atoms with E-state index >= 15 is 0 Å². The average Bonchev–Trinajstić information content (AvgIpc) is 3.56. The van der Waals surface area contributed by atoms with Gasteiger partial charge in [0.1, 0.15) is 12.1 Å². The first-order chi connectivity index (χ1) is 20.6. The van der Waals surface area contributed by atoms with Gasteiger partial charge in [-0.2, -0.15) is 0 Å². The number of nitrogens with one attached hydrogen (secondary N) is 1. The summed E-state index contributed by atoms with van der Waals surface area (Å²) in [5.41, 5.74) is 2.73. The number of non-ortho nitro benzene ring substituents is 1. The molecule has 3 aromatic carbocycles. The predicted molar refractivity (Wildman–Crippen MR) is 160 cm³/mol. The number of hydrogen-bond acceptors (Lipinski definition) is 6. The van der Waals surface area contributed by atoms with Crippen LogP contribution < -0.4 is 5.32 Å². The van der Waals surface area contributed by atoms with Crippen molar-refractivity contribution in [2.45, 2.75) is 37.6 Å². The Kier molecular flexibility index (Phi) is 8.53. The molecular weight excluding hydrogens is 550 g/mol. The van der Waals surface area contributed by atoms with Gasteiger partial charge in [-0.15, -0.1) is 0 Å². The molecule has 2 heterocycles. The van der Waals surface area contributed by atoms with Crippen LogP contribution in [0.25, 0.3) is 10.9 Å². The molecule has 11 nitrogen and oxygen atoms in total. The van der Waals surface area contributed by atoms with Gasteiger partial charge in [-0.3, -0.25) is 24.5 Å². The summed E-state index contributed by atoms with van der Waals surface area (Å²) in [4.78, 5) is 54.7. The molecule has 1 saturated heterocycles. The molecule has 11 heteroatoms. The summed E-state index contributed by atoms with van der Waals surface area (Å²) >= 11 is 0. The van der Waals surface area contributed by atoms with Crippen molar-refractivity contribution in [2.24, 2.45) is 7.05 Å². The average molecular weight is 584 g/mol. The van der Waals surface area contributed by atoms with Crippen molar-refractivity contribution in [1.82, 2.24) is 19.7 Å². The summed E-state index contributed by atoms with van der Waals surface area (Å²) in [5, 5.41) is 25.2. The van der Waals surface area contributed by atoms with E-state index in [9.17, 15) is 29.6 Å². The minimum Gasteiger partial charge on any atom is -0.391 e. The number of nitro groups is 1. The first kappa shape index (κ1) is 29.5. The monoisotopic (exact) mass is 583 g/mol. The first-order valence-corrected chi connectivity index (χ1v) is 14.0. The van der Waals surface area contributed by atoms with Gasteiger partial charge in [0, 0.05) is 69.3 Å². The van der Waals surface area contributed by atoms with E-state index in [0.29, 0.717) is 17.7 Å². The molecule has 0 spiro atoms. The SMILES string of the molecule is CN(Cc1ccccc1)C(=O)[C@H](Cc1ccc([N+](=O)[O-])cc1)NC(=O)[C@@H]1C[C@@H](O)CN1C(=O)c1cn(C)c2ccccc12. The van der Waals surface area contributed by atoms with E-state index in [2.05, 4.69) is 5.32 Å². The zero-order valence-electron chi connectivity index (χ0n) is 23.9. The van der Waals surface area contributed by atoms with Gasteiger partial charge in [0.25, 0.3) is 11.6 Å². The van der Waals surface area contributed by atoms with E-state index in [0.717, 1.165) is 16.5 Å². The maximum Gasteiger partial charge on any atom is 0.269 e. The molecule has 3 atom stereocenters. The number of nitrogens with zero attached hydrogens (tertiary/aromatic N) is 4. The van der Waals surface area contributed by atoms with Crippen molar-refractivity contribution < 1.29 is 24.4 Å². The summed E-state index contributed by atoms with van der Waals surface area (Å²) in [5.74, 6) is -1.30. The third-order valence-electron chi connectivity index (χ3n) is 7.81. The van der Waals surface area contributed by atoms with Crippen molar-refractivity contribution in [3.05, 3.63) is 112 Å². The molecule has 0 aliphatic carbocycles. The number of hydrogen-bond donors (Lipinski definition) is 2. The molecule has 2 N–H and O–H groups in total. The van der Waals surface area contributed by atoms with Gasteiger partial charge in [0.2, 0.25) is 11.8 Å². The van der Waals surface area contributed by atoms with Crippen molar-refractivity contribution in [2.75, 3.05) is 13.6 Å². The number of fused-ring (bicyclic) bond motifs is 1. The highest BCUT2D eigenvalue weighted by Crippen LogP contribution is 2.27. The number of aryl methyl sites for hydroxylation is 1. The smallest absolute Gasteiger partial charge is 0.269 e. The Morgan fingerprint density at radius 1 is 1.02 bits per heavy atom. The van der Waals surface area contributed by atoms with Gasteiger partial charge in [-0.1, -0.05) is 60.7 Å². The molecule has 4 aromatic rings. The van der Waals surface area contributed by atoms with E-state index in [1.807, 2.05) is 66.2 Å². The minimum absolute atomic E-state index is 0.0188. The molecule has 0 radical (unpaired) electrons. The van der Waals surface area contributed by atoms with Crippen LogP contribution in [0.4, 0.5) is 5.69 Å². The number of likely N-dealkylation sites (N-methyl/N-ethyl adjacent to an activating group) is 1. The topological polar surface area (TPSA) is 138 Å². The molecule has 0 bridgehead atoms. The summed E-state index contributed by atoms with van der Waals surface area (Å²) < 4.78 is 1.84. The highest BCUT2D eigenvalue weighted by molar-refractivity contribution is 6.08. The van der Waals surface area contributed by atoms with Gasteiger partial charge in [0.05, 0.1) is 16.6 Å². The molecule has 5 rings (SSSR count). The van der Waals surface area contributed by atoms with Gasteiger partial charge in [0.15, 0.2) is 0 Å². The quantitative estimate of drug-likeness (QED) is 0.230. The van der Waals surface area contributed by atoms with Crippen LogP contribution in [0.15, 0.2) is 85.1 Å². The third kappa shape index (κ3) is 6.41. The fourth-order valence-electron chi connectivity index (χ4n) is 5.61. The lowest BCUT2D eigenvalue weighted by atomic mass is 10.0. The fourth-order valence-corrected chi connectivity index (χ4v) is 5.61. The molecule has 43 heavy (non-hydrogen) atoms. The maximum absolute atomic E-state index is 13.8. The third-order valence-corrected chi connectivity index (χ3v) is 7.81. The molecule has 222 valence electrons. The Bertz CT molecular complexity index is 1650. The number of likely N-dealkylation sites (tertiary alicyclic amines) is 1. The lowest BCUT2D eigenvalue weighted by molar-refractivity contribution is -0.384. The number of amides is 3. The largest absolute Gasteiger partial charge is 0.391 e. The van der Waals surface area contributed by atoms with Crippen LogP contribution in [0.3, 0.4) is 0 Å². The second-order valence-corrected chi connectivity index (χ2v) is 10.9. The number of aliphatic hydroxyl groups excluding tert-OH is 1. The number of β-amino-alcohol motifs (C(OH)–C–C–N with tert-alkyl or cyclic N) is 1. The zero-order chi connectivity index (χ0) is 30.7. The van der Waals surface area contributed by atoms with Gasteiger partial charge in [-0.05, 0) is 17.2 Å². The molecular formula is C32H33N5O6. The number of carbonyl (C=O) groups is 3. The lowest BCUT2D eigenvalue weighted by Crippen LogP contribution is -2.54.